The lowest BCUT2D eigenvalue weighted by Gasteiger charge is -2.09. The summed E-state index contributed by atoms with van der Waals surface area (Å²) in [5.41, 5.74) is 7.24. The van der Waals surface area contributed by atoms with Gasteiger partial charge in [-0.05, 0) is 32.0 Å². The molecule has 1 aromatic heterocycles. The van der Waals surface area contributed by atoms with Crippen LogP contribution in [-0.4, -0.2) is 16.7 Å². The molecular formula is C13H16FN3O. The van der Waals surface area contributed by atoms with Gasteiger partial charge >= 0.3 is 0 Å². The van der Waals surface area contributed by atoms with Crippen LogP contribution < -0.4 is 10.5 Å². The molecule has 1 aromatic carbocycles. The van der Waals surface area contributed by atoms with Gasteiger partial charge < -0.3 is 15.0 Å². The molecule has 0 atom stereocenters. The van der Waals surface area contributed by atoms with Crippen molar-refractivity contribution in [2.75, 3.05) is 12.8 Å². The Kier molecular flexibility index (Phi) is 3.23. The Labute approximate surface area is 105 Å². The number of anilines is 1. The fraction of sp³-hybridized carbons (Fsp3) is 0.308. The third kappa shape index (κ3) is 2.03. The second-order valence-electron chi connectivity index (χ2n) is 4.33. The number of imidazole rings is 1. The zero-order valence-electron chi connectivity index (χ0n) is 10.6. The molecule has 2 rings (SSSR count). The first kappa shape index (κ1) is 12.4. The number of hydrogen-bond acceptors (Lipinski definition) is 3. The predicted octanol–water partition coefficient (Wildman–Crippen LogP) is 2.86. The second-order valence-corrected chi connectivity index (χ2v) is 4.33. The van der Waals surface area contributed by atoms with E-state index in [1.165, 1.54) is 13.2 Å². The molecule has 18 heavy (non-hydrogen) atoms. The van der Waals surface area contributed by atoms with E-state index in [0.717, 1.165) is 0 Å². The van der Waals surface area contributed by atoms with Crippen LogP contribution in [0.25, 0.3) is 11.3 Å². The van der Waals surface area contributed by atoms with Crippen LogP contribution in [0.3, 0.4) is 0 Å². The van der Waals surface area contributed by atoms with Crippen molar-refractivity contribution in [1.82, 2.24) is 9.55 Å². The molecule has 1 heterocycles. The summed E-state index contributed by atoms with van der Waals surface area (Å²) in [5.74, 6) is 0.323. The number of ether oxygens (including phenoxy) is 1. The van der Waals surface area contributed by atoms with Crippen LogP contribution in [0.5, 0.6) is 5.75 Å². The molecule has 2 N–H and O–H groups in total. The quantitative estimate of drug-likeness (QED) is 0.910. The Morgan fingerprint density at radius 3 is 2.61 bits per heavy atom. The Bertz CT molecular complexity index is 563. The van der Waals surface area contributed by atoms with Crippen molar-refractivity contribution < 1.29 is 9.13 Å². The van der Waals surface area contributed by atoms with Crippen molar-refractivity contribution in [2.24, 2.45) is 0 Å². The Hall–Kier alpha value is -2.04. The summed E-state index contributed by atoms with van der Waals surface area (Å²) in [6.45, 7) is 4.02. The lowest BCUT2D eigenvalue weighted by atomic mass is 10.1. The fourth-order valence-corrected chi connectivity index (χ4v) is 1.82. The predicted molar refractivity (Wildman–Crippen MR) is 69.0 cm³/mol. The third-order valence-corrected chi connectivity index (χ3v) is 2.81. The van der Waals surface area contributed by atoms with Gasteiger partial charge in [0.2, 0.25) is 0 Å². The average molecular weight is 249 g/mol. The summed E-state index contributed by atoms with van der Waals surface area (Å²) in [4.78, 5) is 4.23. The minimum Gasteiger partial charge on any atom is -0.494 e. The van der Waals surface area contributed by atoms with Crippen LogP contribution in [0.4, 0.5) is 10.2 Å². The minimum atomic E-state index is -0.423. The number of hydrogen-bond donors (Lipinski definition) is 1. The summed E-state index contributed by atoms with van der Waals surface area (Å²) < 4.78 is 20.4. The van der Waals surface area contributed by atoms with Crippen molar-refractivity contribution >= 4 is 5.82 Å². The standard InChI is InChI=1S/C13H16FN3O/c1-8(2)17-7-16-12(13(17)15)9-4-5-11(18-3)10(14)6-9/h4-8H,15H2,1-3H3. The summed E-state index contributed by atoms with van der Waals surface area (Å²) in [7, 11) is 1.43. The van der Waals surface area contributed by atoms with Gasteiger partial charge in [0.1, 0.15) is 11.5 Å². The number of benzene rings is 1. The molecule has 0 aliphatic carbocycles. The molecule has 96 valence electrons. The first-order chi connectivity index (χ1) is 8.54. The molecule has 0 amide bonds. The number of halogens is 1. The molecule has 2 aromatic rings. The molecule has 4 nitrogen and oxygen atoms in total. The first-order valence-electron chi connectivity index (χ1n) is 5.70. The Morgan fingerprint density at radius 1 is 1.39 bits per heavy atom. The Balaban J connectivity index is 2.46. The molecule has 0 radical (unpaired) electrons. The number of methoxy groups -OCH3 is 1. The molecule has 0 aliphatic rings. The van der Waals surface area contributed by atoms with Crippen molar-refractivity contribution in [3.8, 4) is 17.0 Å². The maximum absolute atomic E-state index is 13.6. The summed E-state index contributed by atoms with van der Waals surface area (Å²) in [5, 5.41) is 0. The van der Waals surface area contributed by atoms with E-state index in [9.17, 15) is 4.39 Å². The summed E-state index contributed by atoms with van der Waals surface area (Å²) >= 11 is 0. The maximum Gasteiger partial charge on any atom is 0.165 e. The molecule has 5 heteroatoms. The van der Waals surface area contributed by atoms with E-state index in [-0.39, 0.29) is 11.8 Å². The van der Waals surface area contributed by atoms with Crippen molar-refractivity contribution in [1.29, 1.82) is 0 Å². The zero-order chi connectivity index (χ0) is 13.3. The highest BCUT2D eigenvalue weighted by Crippen LogP contribution is 2.29. The van der Waals surface area contributed by atoms with Crippen LogP contribution in [0.2, 0.25) is 0 Å². The van der Waals surface area contributed by atoms with Gasteiger partial charge in [-0.1, -0.05) is 0 Å². The smallest absolute Gasteiger partial charge is 0.165 e. The topological polar surface area (TPSA) is 53.1 Å². The molecule has 0 saturated carbocycles. The molecule has 0 aliphatic heterocycles. The SMILES string of the molecule is COc1ccc(-c2ncn(C(C)C)c2N)cc1F. The minimum absolute atomic E-state index is 0.209. The molecule has 0 spiro atoms. The zero-order valence-corrected chi connectivity index (χ0v) is 10.6. The van der Waals surface area contributed by atoms with Gasteiger partial charge in [0.05, 0.1) is 13.4 Å². The monoisotopic (exact) mass is 249 g/mol. The molecular weight excluding hydrogens is 233 g/mol. The van der Waals surface area contributed by atoms with Gasteiger partial charge in [-0.25, -0.2) is 9.37 Å². The summed E-state index contributed by atoms with van der Waals surface area (Å²) in [6.07, 6.45) is 1.66. The van der Waals surface area contributed by atoms with Gasteiger partial charge in [-0.3, -0.25) is 0 Å². The van der Waals surface area contributed by atoms with Gasteiger partial charge in [0, 0.05) is 11.6 Å². The largest absolute Gasteiger partial charge is 0.494 e. The molecule has 0 unspecified atom stereocenters. The van der Waals surface area contributed by atoms with E-state index >= 15 is 0 Å². The van der Waals surface area contributed by atoms with Crippen LogP contribution >= 0.6 is 0 Å². The van der Waals surface area contributed by atoms with Gasteiger partial charge in [-0.2, -0.15) is 0 Å². The van der Waals surface area contributed by atoms with E-state index in [4.69, 9.17) is 10.5 Å². The van der Waals surface area contributed by atoms with E-state index in [2.05, 4.69) is 4.98 Å². The van der Waals surface area contributed by atoms with Gasteiger partial charge in [-0.15, -0.1) is 0 Å². The van der Waals surface area contributed by atoms with Crippen LogP contribution in [0, 0.1) is 5.82 Å². The highest BCUT2D eigenvalue weighted by atomic mass is 19.1. The summed E-state index contributed by atoms with van der Waals surface area (Å²) in [6, 6.07) is 4.90. The van der Waals surface area contributed by atoms with E-state index in [1.807, 2.05) is 18.4 Å². The highest BCUT2D eigenvalue weighted by Gasteiger charge is 2.13. The number of nitrogens with zero attached hydrogens (tertiary/aromatic N) is 2. The molecule has 0 saturated heterocycles. The molecule has 0 fully saturated rings. The van der Waals surface area contributed by atoms with Crippen LogP contribution in [0.15, 0.2) is 24.5 Å². The molecule has 0 bridgehead atoms. The van der Waals surface area contributed by atoms with E-state index in [0.29, 0.717) is 17.1 Å². The lowest BCUT2D eigenvalue weighted by molar-refractivity contribution is 0.386. The lowest BCUT2D eigenvalue weighted by Crippen LogP contribution is -2.04. The van der Waals surface area contributed by atoms with Gasteiger partial charge in [0.25, 0.3) is 0 Å². The number of nitrogens with two attached hydrogens (primary N) is 1. The Morgan fingerprint density at radius 2 is 2.11 bits per heavy atom. The van der Waals surface area contributed by atoms with Crippen LogP contribution in [0.1, 0.15) is 19.9 Å². The first-order valence-corrected chi connectivity index (χ1v) is 5.70. The number of aromatic nitrogens is 2. The van der Waals surface area contributed by atoms with Crippen LogP contribution in [-0.2, 0) is 0 Å². The number of rotatable bonds is 3. The highest BCUT2D eigenvalue weighted by molar-refractivity contribution is 5.71. The fourth-order valence-electron chi connectivity index (χ4n) is 1.82. The van der Waals surface area contributed by atoms with Gasteiger partial charge in [0.15, 0.2) is 11.6 Å². The van der Waals surface area contributed by atoms with Crippen molar-refractivity contribution in [2.45, 2.75) is 19.9 Å². The average Bonchev–Trinajstić information content (AvgIpc) is 2.71. The number of nitrogen functional groups attached to an aromatic ring is 1. The third-order valence-electron chi connectivity index (χ3n) is 2.81. The second kappa shape index (κ2) is 4.68. The van der Waals surface area contributed by atoms with E-state index < -0.39 is 5.82 Å². The van der Waals surface area contributed by atoms with E-state index in [1.54, 1.807) is 18.5 Å². The normalized spacial score (nSPS) is 10.9. The van der Waals surface area contributed by atoms with Crippen molar-refractivity contribution in [3.05, 3.63) is 30.3 Å². The van der Waals surface area contributed by atoms with Crippen molar-refractivity contribution in [3.63, 3.8) is 0 Å². The maximum atomic E-state index is 13.6.